The minimum atomic E-state index is -3.38. The van der Waals surface area contributed by atoms with Crippen LogP contribution in [0.4, 0.5) is 0 Å². The summed E-state index contributed by atoms with van der Waals surface area (Å²) in [6.07, 6.45) is 5.80. The van der Waals surface area contributed by atoms with E-state index in [4.69, 9.17) is 11.6 Å². The Morgan fingerprint density at radius 3 is 2.25 bits per heavy atom. The molecule has 1 aliphatic rings. The molecule has 1 saturated heterocycles. The fraction of sp³-hybridized carbons (Fsp3) is 0.588. The third-order valence-corrected chi connectivity index (χ3v) is 5.78. The molecule has 0 aliphatic carbocycles. The molecule has 0 radical (unpaired) electrons. The van der Waals surface area contributed by atoms with E-state index in [0.29, 0.717) is 5.02 Å². The van der Waals surface area contributed by atoms with E-state index in [2.05, 4.69) is 0 Å². The van der Waals surface area contributed by atoms with Gasteiger partial charge in [0.1, 0.15) is 0 Å². The third-order valence-electron chi connectivity index (χ3n) is 4.28. The Bertz CT molecular complexity index is 638. The summed E-state index contributed by atoms with van der Waals surface area (Å²) in [5.74, 6) is 0.0432. The lowest BCUT2D eigenvalue weighted by Crippen LogP contribution is -2.37. The van der Waals surface area contributed by atoms with Crippen LogP contribution in [0.25, 0.3) is 0 Å². The molecule has 7 heteroatoms. The molecule has 0 atom stereocenters. The smallest absolute Gasteiger partial charge is 0.223 e. The number of carbonyl (C=O) groups excluding carboxylic acids is 1. The molecular weight excluding hydrogens is 348 g/mol. The SMILES string of the molecule is CS(=O)(=O)N(CCC(=O)N1CCCCCC1)Cc1ccc(Cl)cc1. The molecule has 0 unspecified atom stereocenters. The Balaban J connectivity index is 1.96. The van der Waals surface area contributed by atoms with Crippen molar-refractivity contribution in [2.75, 3.05) is 25.9 Å². The van der Waals surface area contributed by atoms with Crippen LogP contribution in [0.5, 0.6) is 0 Å². The van der Waals surface area contributed by atoms with Gasteiger partial charge in [0.15, 0.2) is 0 Å². The van der Waals surface area contributed by atoms with Crippen LogP contribution in [0.2, 0.25) is 5.02 Å². The monoisotopic (exact) mass is 372 g/mol. The van der Waals surface area contributed by atoms with E-state index in [9.17, 15) is 13.2 Å². The average Bonchev–Trinajstić information content (AvgIpc) is 2.81. The normalized spacial score (nSPS) is 16.2. The minimum absolute atomic E-state index is 0.0432. The lowest BCUT2D eigenvalue weighted by Gasteiger charge is -2.23. The van der Waals surface area contributed by atoms with Crippen molar-refractivity contribution >= 4 is 27.5 Å². The molecule has 2 rings (SSSR count). The van der Waals surface area contributed by atoms with Crippen molar-refractivity contribution in [2.24, 2.45) is 0 Å². The van der Waals surface area contributed by atoms with E-state index < -0.39 is 10.0 Å². The number of benzene rings is 1. The van der Waals surface area contributed by atoms with Crippen LogP contribution in [-0.4, -0.2) is 49.4 Å². The third kappa shape index (κ3) is 6.07. The van der Waals surface area contributed by atoms with Gasteiger partial charge in [0.2, 0.25) is 15.9 Å². The maximum absolute atomic E-state index is 12.4. The predicted octanol–water partition coefficient (Wildman–Crippen LogP) is 2.89. The molecule has 1 aromatic carbocycles. The summed E-state index contributed by atoms with van der Waals surface area (Å²) in [5, 5.41) is 0.612. The molecule has 0 spiro atoms. The second kappa shape index (κ2) is 8.83. The number of amides is 1. The quantitative estimate of drug-likeness (QED) is 0.771. The van der Waals surface area contributed by atoms with E-state index >= 15 is 0 Å². The summed E-state index contributed by atoms with van der Waals surface area (Å²) in [4.78, 5) is 14.2. The van der Waals surface area contributed by atoms with Gasteiger partial charge in [0.25, 0.3) is 0 Å². The van der Waals surface area contributed by atoms with Crippen molar-refractivity contribution in [1.29, 1.82) is 0 Å². The highest BCUT2D eigenvalue weighted by atomic mass is 35.5. The maximum Gasteiger partial charge on any atom is 0.223 e. The second-order valence-electron chi connectivity index (χ2n) is 6.27. The van der Waals surface area contributed by atoms with Crippen molar-refractivity contribution in [3.8, 4) is 0 Å². The lowest BCUT2D eigenvalue weighted by molar-refractivity contribution is -0.131. The van der Waals surface area contributed by atoms with Crippen molar-refractivity contribution in [1.82, 2.24) is 9.21 Å². The van der Waals surface area contributed by atoms with Gasteiger partial charge in [0, 0.05) is 37.6 Å². The first-order chi connectivity index (χ1) is 11.4. The van der Waals surface area contributed by atoms with Crippen LogP contribution in [0, 0.1) is 0 Å². The molecule has 134 valence electrons. The standard InChI is InChI=1S/C17H25ClN2O3S/c1-24(22,23)20(14-15-6-8-16(18)9-7-15)13-10-17(21)19-11-4-2-3-5-12-19/h6-9H,2-5,10-14H2,1H3. The molecule has 0 aromatic heterocycles. The van der Waals surface area contributed by atoms with Crippen LogP contribution in [-0.2, 0) is 21.4 Å². The zero-order valence-electron chi connectivity index (χ0n) is 14.1. The summed E-state index contributed by atoms with van der Waals surface area (Å²) in [5.41, 5.74) is 0.854. The highest BCUT2D eigenvalue weighted by Gasteiger charge is 2.21. The zero-order chi connectivity index (χ0) is 17.6. The summed E-state index contributed by atoms with van der Waals surface area (Å²) >= 11 is 5.86. The molecule has 1 amide bonds. The first-order valence-electron chi connectivity index (χ1n) is 8.33. The maximum atomic E-state index is 12.4. The number of carbonyl (C=O) groups is 1. The number of hydrogen-bond donors (Lipinski definition) is 0. The van der Waals surface area contributed by atoms with Gasteiger partial charge in [-0.05, 0) is 30.5 Å². The minimum Gasteiger partial charge on any atom is -0.343 e. The van der Waals surface area contributed by atoms with Gasteiger partial charge in [-0.2, -0.15) is 4.31 Å². The Morgan fingerprint density at radius 2 is 1.71 bits per heavy atom. The van der Waals surface area contributed by atoms with E-state index in [1.807, 2.05) is 4.90 Å². The predicted molar refractivity (Wildman–Crippen MR) is 96.4 cm³/mol. The van der Waals surface area contributed by atoms with Gasteiger partial charge in [-0.1, -0.05) is 36.6 Å². The Kier molecular flexibility index (Phi) is 7.07. The number of halogens is 1. The number of likely N-dealkylation sites (tertiary alicyclic amines) is 1. The molecule has 1 aliphatic heterocycles. The highest BCUT2D eigenvalue weighted by molar-refractivity contribution is 7.88. The van der Waals surface area contributed by atoms with Gasteiger partial charge in [-0.15, -0.1) is 0 Å². The topological polar surface area (TPSA) is 57.7 Å². The molecular formula is C17H25ClN2O3S. The fourth-order valence-corrected chi connectivity index (χ4v) is 3.79. The highest BCUT2D eigenvalue weighted by Crippen LogP contribution is 2.15. The van der Waals surface area contributed by atoms with Crippen LogP contribution in [0.3, 0.4) is 0 Å². The van der Waals surface area contributed by atoms with Crippen LogP contribution in [0.1, 0.15) is 37.7 Å². The van der Waals surface area contributed by atoms with Gasteiger partial charge in [-0.3, -0.25) is 4.79 Å². The fourth-order valence-electron chi connectivity index (χ4n) is 2.85. The number of hydrogen-bond acceptors (Lipinski definition) is 3. The Hall–Kier alpha value is -1.11. The molecule has 0 saturated carbocycles. The molecule has 1 fully saturated rings. The van der Waals surface area contributed by atoms with E-state index in [0.717, 1.165) is 44.3 Å². The Morgan fingerprint density at radius 1 is 1.12 bits per heavy atom. The number of nitrogens with zero attached hydrogens (tertiary/aromatic N) is 2. The van der Waals surface area contributed by atoms with Crippen molar-refractivity contribution < 1.29 is 13.2 Å². The Labute approximate surface area is 149 Å². The summed E-state index contributed by atoms with van der Waals surface area (Å²) in [6.45, 7) is 2.03. The van der Waals surface area contributed by atoms with Crippen molar-refractivity contribution in [2.45, 2.75) is 38.6 Å². The van der Waals surface area contributed by atoms with E-state index in [1.165, 1.54) is 10.6 Å². The first kappa shape index (κ1) is 19.2. The zero-order valence-corrected chi connectivity index (χ0v) is 15.7. The molecule has 1 aromatic rings. The largest absolute Gasteiger partial charge is 0.343 e. The molecule has 0 bridgehead atoms. The second-order valence-corrected chi connectivity index (χ2v) is 8.69. The van der Waals surface area contributed by atoms with Crippen LogP contribution < -0.4 is 0 Å². The van der Waals surface area contributed by atoms with Gasteiger partial charge >= 0.3 is 0 Å². The molecule has 1 heterocycles. The van der Waals surface area contributed by atoms with E-state index in [-0.39, 0.29) is 25.4 Å². The lowest BCUT2D eigenvalue weighted by atomic mass is 10.2. The summed E-state index contributed by atoms with van der Waals surface area (Å²) < 4.78 is 25.4. The van der Waals surface area contributed by atoms with Crippen LogP contribution >= 0.6 is 11.6 Å². The number of rotatable bonds is 6. The summed E-state index contributed by atoms with van der Waals surface area (Å²) in [6, 6.07) is 7.08. The molecule has 5 nitrogen and oxygen atoms in total. The van der Waals surface area contributed by atoms with E-state index in [1.54, 1.807) is 24.3 Å². The molecule has 24 heavy (non-hydrogen) atoms. The van der Waals surface area contributed by atoms with Crippen molar-refractivity contribution in [3.05, 3.63) is 34.9 Å². The van der Waals surface area contributed by atoms with Gasteiger partial charge < -0.3 is 4.90 Å². The average molecular weight is 373 g/mol. The summed E-state index contributed by atoms with van der Waals surface area (Å²) in [7, 11) is -3.38. The van der Waals surface area contributed by atoms with Gasteiger partial charge in [-0.25, -0.2) is 8.42 Å². The molecule has 0 N–H and O–H groups in total. The van der Waals surface area contributed by atoms with Crippen LogP contribution in [0.15, 0.2) is 24.3 Å². The van der Waals surface area contributed by atoms with Crippen molar-refractivity contribution in [3.63, 3.8) is 0 Å². The number of sulfonamides is 1. The first-order valence-corrected chi connectivity index (χ1v) is 10.6. The van der Waals surface area contributed by atoms with Gasteiger partial charge in [0.05, 0.1) is 6.26 Å².